The summed E-state index contributed by atoms with van der Waals surface area (Å²) in [5.41, 5.74) is 3.97. The van der Waals surface area contributed by atoms with E-state index in [1.54, 1.807) is 6.08 Å². The van der Waals surface area contributed by atoms with Gasteiger partial charge in [0.05, 0.1) is 11.3 Å². The fourth-order valence-corrected chi connectivity index (χ4v) is 1.27. The number of benzene rings is 1. The van der Waals surface area contributed by atoms with E-state index in [1.165, 1.54) is 5.54 Å². The average Bonchev–Trinajstić information content (AvgIpc) is 2.18. The molecule has 0 bridgehead atoms. The van der Waals surface area contributed by atoms with Crippen molar-refractivity contribution >= 4 is 17.3 Å². The van der Waals surface area contributed by atoms with Crippen molar-refractivity contribution in [3.05, 3.63) is 40.9 Å². The standard InChI is InChI=1S/C11H11ClN2/c1-9-4-2-5-11(10(9)8-13)14-7-3-6-12/h2-6,14H,7H2,1H3/b6-3+. The molecule has 14 heavy (non-hydrogen) atoms. The molecule has 0 saturated carbocycles. The SMILES string of the molecule is Cc1cccc(NC/C=C/Cl)c1C#N. The largest absolute Gasteiger partial charge is 0.380 e. The summed E-state index contributed by atoms with van der Waals surface area (Å²) in [4.78, 5) is 0. The van der Waals surface area contributed by atoms with Crippen molar-refractivity contribution in [1.29, 1.82) is 5.26 Å². The maximum Gasteiger partial charge on any atom is 0.102 e. The van der Waals surface area contributed by atoms with Crippen LogP contribution in [0.1, 0.15) is 11.1 Å². The average molecular weight is 207 g/mol. The predicted octanol–water partition coefficient (Wildman–Crippen LogP) is 3.03. The molecule has 1 N–H and O–H groups in total. The number of rotatable bonds is 3. The van der Waals surface area contributed by atoms with Crippen molar-refractivity contribution in [2.24, 2.45) is 0 Å². The number of anilines is 1. The second-order valence-electron chi connectivity index (χ2n) is 2.85. The maximum atomic E-state index is 8.92. The summed E-state index contributed by atoms with van der Waals surface area (Å²) in [6.07, 6.45) is 1.78. The summed E-state index contributed by atoms with van der Waals surface area (Å²) in [6, 6.07) is 7.89. The van der Waals surface area contributed by atoms with Crippen LogP contribution in [0.2, 0.25) is 0 Å². The van der Waals surface area contributed by atoms with Crippen molar-refractivity contribution in [3.63, 3.8) is 0 Å². The van der Waals surface area contributed by atoms with Crippen LogP contribution in [-0.2, 0) is 0 Å². The maximum absolute atomic E-state index is 8.92. The van der Waals surface area contributed by atoms with E-state index in [-0.39, 0.29) is 0 Å². The Hall–Kier alpha value is -1.46. The van der Waals surface area contributed by atoms with E-state index >= 15 is 0 Å². The van der Waals surface area contributed by atoms with Gasteiger partial charge < -0.3 is 5.32 Å². The molecule has 0 aliphatic carbocycles. The Morgan fingerprint density at radius 1 is 1.57 bits per heavy atom. The number of aryl methyl sites for hydroxylation is 1. The molecule has 0 aromatic heterocycles. The highest BCUT2D eigenvalue weighted by molar-refractivity contribution is 6.25. The number of nitriles is 1. The lowest BCUT2D eigenvalue weighted by molar-refractivity contribution is 1.30. The lowest BCUT2D eigenvalue weighted by atomic mass is 10.1. The molecule has 72 valence electrons. The topological polar surface area (TPSA) is 35.8 Å². The minimum atomic E-state index is 0.627. The van der Waals surface area contributed by atoms with Gasteiger partial charge in [-0.25, -0.2) is 0 Å². The second-order valence-corrected chi connectivity index (χ2v) is 3.10. The van der Waals surface area contributed by atoms with E-state index in [9.17, 15) is 0 Å². The normalized spacial score (nSPS) is 10.1. The van der Waals surface area contributed by atoms with Gasteiger partial charge in [0.2, 0.25) is 0 Å². The molecule has 0 radical (unpaired) electrons. The second kappa shape index (κ2) is 5.31. The first kappa shape index (κ1) is 10.6. The Labute approximate surface area is 88.8 Å². The molecule has 2 nitrogen and oxygen atoms in total. The van der Waals surface area contributed by atoms with Crippen molar-refractivity contribution in [2.75, 3.05) is 11.9 Å². The Morgan fingerprint density at radius 2 is 2.36 bits per heavy atom. The quantitative estimate of drug-likeness (QED) is 0.825. The molecule has 3 heteroatoms. The summed E-state index contributed by atoms with van der Waals surface area (Å²) in [7, 11) is 0. The van der Waals surface area contributed by atoms with Gasteiger partial charge in [-0.05, 0) is 18.6 Å². The van der Waals surface area contributed by atoms with Crippen LogP contribution < -0.4 is 5.32 Å². The van der Waals surface area contributed by atoms with Crippen LogP contribution in [0, 0.1) is 18.3 Å². The number of hydrogen-bond acceptors (Lipinski definition) is 2. The summed E-state index contributed by atoms with van der Waals surface area (Å²) in [6.45, 7) is 2.54. The molecule has 1 rings (SSSR count). The Morgan fingerprint density at radius 3 is 3.00 bits per heavy atom. The first-order valence-electron chi connectivity index (χ1n) is 4.28. The lowest BCUT2D eigenvalue weighted by Crippen LogP contribution is -2.01. The fourth-order valence-electron chi connectivity index (χ4n) is 1.18. The highest BCUT2D eigenvalue weighted by atomic mass is 35.5. The summed E-state index contributed by atoms with van der Waals surface area (Å²) < 4.78 is 0. The zero-order valence-corrected chi connectivity index (χ0v) is 8.67. The van der Waals surface area contributed by atoms with Gasteiger partial charge in [-0.1, -0.05) is 29.8 Å². The lowest BCUT2D eigenvalue weighted by Gasteiger charge is -2.07. The minimum Gasteiger partial charge on any atom is -0.380 e. The number of halogens is 1. The van der Waals surface area contributed by atoms with Crippen molar-refractivity contribution in [1.82, 2.24) is 0 Å². The van der Waals surface area contributed by atoms with Crippen LogP contribution in [-0.4, -0.2) is 6.54 Å². The van der Waals surface area contributed by atoms with E-state index in [1.807, 2.05) is 25.1 Å². The van der Waals surface area contributed by atoms with Crippen LogP contribution in [0.3, 0.4) is 0 Å². The minimum absolute atomic E-state index is 0.627. The molecule has 0 heterocycles. The van der Waals surface area contributed by atoms with E-state index in [4.69, 9.17) is 16.9 Å². The molecular weight excluding hydrogens is 196 g/mol. The van der Waals surface area contributed by atoms with Gasteiger partial charge in [0, 0.05) is 12.1 Å². The first-order valence-corrected chi connectivity index (χ1v) is 4.72. The fraction of sp³-hybridized carbons (Fsp3) is 0.182. The van der Waals surface area contributed by atoms with Gasteiger partial charge in [0.15, 0.2) is 0 Å². The van der Waals surface area contributed by atoms with Crippen LogP contribution in [0.25, 0.3) is 0 Å². The molecule has 0 unspecified atom stereocenters. The molecule has 0 spiro atoms. The van der Waals surface area contributed by atoms with Crippen molar-refractivity contribution in [3.8, 4) is 6.07 Å². The third-order valence-corrected chi connectivity index (χ3v) is 2.06. The zero-order chi connectivity index (χ0) is 10.4. The highest BCUT2D eigenvalue weighted by Gasteiger charge is 2.02. The van der Waals surface area contributed by atoms with Crippen LogP contribution in [0.15, 0.2) is 29.8 Å². The van der Waals surface area contributed by atoms with Crippen molar-refractivity contribution in [2.45, 2.75) is 6.92 Å². The monoisotopic (exact) mass is 206 g/mol. The molecule has 0 aliphatic rings. The van der Waals surface area contributed by atoms with Gasteiger partial charge in [-0.3, -0.25) is 0 Å². The Balaban J connectivity index is 2.86. The summed E-state index contributed by atoms with van der Waals surface area (Å²) in [5, 5.41) is 12.0. The highest BCUT2D eigenvalue weighted by Crippen LogP contribution is 2.17. The summed E-state index contributed by atoms with van der Waals surface area (Å²) >= 11 is 5.39. The molecule has 0 fully saturated rings. The third kappa shape index (κ3) is 2.51. The third-order valence-electron chi connectivity index (χ3n) is 1.88. The smallest absolute Gasteiger partial charge is 0.102 e. The van der Waals surface area contributed by atoms with E-state index < -0.39 is 0 Å². The van der Waals surface area contributed by atoms with E-state index in [2.05, 4.69) is 11.4 Å². The Kier molecular flexibility index (Phi) is 4.03. The van der Waals surface area contributed by atoms with Crippen molar-refractivity contribution < 1.29 is 0 Å². The Bertz CT molecular complexity index is 377. The number of hydrogen-bond donors (Lipinski definition) is 1. The summed E-state index contributed by atoms with van der Waals surface area (Å²) in [5.74, 6) is 0. The van der Waals surface area contributed by atoms with Crippen LogP contribution in [0.5, 0.6) is 0 Å². The van der Waals surface area contributed by atoms with Gasteiger partial charge in [0.1, 0.15) is 6.07 Å². The first-order chi connectivity index (χ1) is 6.79. The zero-order valence-electron chi connectivity index (χ0n) is 7.92. The molecule has 0 amide bonds. The number of nitrogens with one attached hydrogen (secondary N) is 1. The predicted molar refractivity (Wildman–Crippen MR) is 59.4 cm³/mol. The molecule has 0 atom stereocenters. The van der Waals surface area contributed by atoms with E-state index in [0.29, 0.717) is 12.1 Å². The molecule has 0 aliphatic heterocycles. The van der Waals surface area contributed by atoms with Crippen LogP contribution in [0.4, 0.5) is 5.69 Å². The molecule has 1 aromatic rings. The van der Waals surface area contributed by atoms with Gasteiger partial charge in [0.25, 0.3) is 0 Å². The van der Waals surface area contributed by atoms with E-state index in [0.717, 1.165) is 11.3 Å². The number of nitrogens with zero attached hydrogens (tertiary/aromatic N) is 1. The molecule has 0 saturated heterocycles. The molecular formula is C11H11ClN2. The van der Waals surface area contributed by atoms with Gasteiger partial charge in [-0.15, -0.1) is 0 Å². The van der Waals surface area contributed by atoms with Gasteiger partial charge in [-0.2, -0.15) is 5.26 Å². The molecule has 1 aromatic carbocycles. The van der Waals surface area contributed by atoms with Gasteiger partial charge >= 0.3 is 0 Å². The van der Waals surface area contributed by atoms with Crippen LogP contribution >= 0.6 is 11.6 Å².